The molecule has 3 aliphatic heterocycles. The SMILES string of the molecule is COC[C@H]1[C@@H](O)[C@H](n2c[n+](C)c3c(=O)[nH]c(N)nc32)O[C@@H]1COP(=O)(O)OP(=O)(O)OP(=O)(O)OCC1O[C@@H](n2cnc3c(N)ncnc32)[C@H](OC)[C@@H]1OP(=O)([O-])CC[C@H]1O[C@@H](n2cnc3c(=O)[nH]c(N)nc32)[C@H](O)[C@@H]1O. The number of nitrogens with one attached hydrogen (secondary N) is 2. The van der Waals surface area contributed by atoms with Crippen LogP contribution < -0.4 is 37.8 Å². The van der Waals surface area contributed by atoms with Crippen LogP contribution in [-0.2, 0) is 71.2 Å². The molecule has 38 nitrogen and oxygen atoms in total. The Balaban J connectivity index is 0.869. The lowest BCUT2D eigenvalue weighted by Gasteiger charge is -2.32. The van der Waals surface area contributed by atoms with Gasteiger partial charge < -0.3 is 84.9 Å². The number of hydrogen-bond donors (Lipinski definition) is 11. The lowest BCUT2D eigenvalue weighted by Crippen LogP contribution is -2.38. The number of aromatic nitrogens is 12. The van der Waals surface area contributed by atoms with E-state index in [1.165, 1.54) is 40.5 Å². The maximum atomic E-state index is 13.8. The van der Waals surface area contributed by atoms with Gasteiger partial charge in [-0.15, -0.1) is 0 Å². The Kier molecular flexibility index (Phi) is 15.8. The van der Waals surface area contributed by atoms with Crippen LogP contribution in [0.3, 0.4) is 0 Å². The lowest BCUT2D eigenvalue weighted by atomic mass is 9.99. The molecule has 0 spiro atoms. The van der Waals surface area contributed by atoms with Crippen LogP contribution in [0.25, 0.3) is 33.5 Å². The molecule has 3 aliphatic rings. The van der Waals surface area contributed by atoms with E-state index in [0.717, 1.165) is 24.3 Å². The van der Waals surface area contributed by atoms with Gasteiger partial charge in [-0.05, 0) is 6.42 Å². The number of rotatable bonds is 21. The molecule has 9 rings (SSSR count). The Morgan fingerprint density at radius 3 is 1.95 bits per heavy atom. The molecule has 16 atom stereocenters. The zero-order valence-electron chi connectivity index (χ0n) is 39.9. The molecule has 0 radical (unpaired) electrons. The fraction of sp³-hybridized carbons (Fsp3) is 0.571. The molecule has 42 heteroatoms. The molecule has 0 bridgehead atoms. The number of methoxy groups -OCH3 is 2. The zero-order valence-corrected chi connectivity index (χ0v) is 43.5. The number of hydrogen-bond acceptors (Lipinski definition) is 29. The van der Waals surface area contributed by atoms with Crippen molar-refractivity contribution in [1.29, 1.82) is 0 Å². The lowest BCUT2D eigenvalue weighted by molar-refractivity contribution is -0.646. The van der Waals surface area contributed by atoms with Crippen molar-refractivity contribution in [3.05, 3.63) is 46.0 Å². The highest BCUT2D eigenvalue weighted by molar-refractivity contribution is 7.66. The van der Waals surface area contributed by atoms with Gasteiger partial charge in [-0.3, -0.25) is 37.7 Å². The van der Waals surface area contributed by atoms with Gasteiger partial charge >= 0.3 is 29.0 Å². The number of fused-ring (bicyclic) bond motifs is 3. The average Bonchev–Trinajstić information content (AvgIpc) is 4.21. The van der Waals surface area contributed by atoms with Crippen molar-refractivity contribution in [2.45, 2.75) is 73.9 Å². The average molecular weight is 1170 g/mol. The number of phosphoric acid groups is 3. The Morgan fingerprint density at radius 1 is 0.701 bits per heavy atom. The van der Waals surface area contributed by atoms with Gasteiger partial charge in [-0.25, -0.2) is 38.2 Å². The number of nitrogen functional groups attached to an aromatic ring is 3. The molecule has 3 fully saturated rings. The third-order valence-electron chi connectivity index (χ3n) is 12.4. The molecular formula is C35H49N15O23P4. The summed E-state index contributed by atoms with van der Waals surface area (Å²) < 4.78 is 111. The maximum absolute atomic E-state index is 13.8. The van der Waals surface area contributed by atoms with E-state index in [1.807, 2.05) is 0 Å². The maximum Gasteiger partial charge on any atom is 0.490 e. The summed E-state index contributed by atoms with van der Waals surface area (Å²) in [7, 11) is -19.2. The summed E-state index contributed by atoms with van der Waals surface area (Å²) in [6, 6.07) is 0. The molecule has 422 valence electrons. The number of aliphatic hydroxyl groups is 3. The number of imidazole rings is 3. The van der Waals surface area contributed by atoms with Gasteiger partial charge in [0.1, 0.15) is 56.1 Å². The summed E-state index contributed by atoms with van der Waals surface area (Å²) >= 11 is 0. The molecule has 5 unspecified atom stereocenters. The quantitative estimate of drug-likeness (QED) is 0.0242. The van der Waals surface area contributed by atoms with Crippen molar-refractivity contribution < 1.29 is 104 Å². The third kappa shape index (κ3) is 11.5. The second kappa shape index (κ2) is 21.5. The van der Waals surface area contributed by atoms with Gasteiger partial charge in [-0.1, -0.05) is 0 Å². The molecular weight excluding hydrogens is 1120 g/mol. The smallest absolute Gasteiger partial charge is 0.490 e. The Hall–Kier alpha value is -5.11. The van der Waals surface area contributed by atoms with Crippen LogP contribution in [0.4, 0.5) is 17.7 Å². The predicted octanol–water partition coefficient (Wildman–Crippen LogP) is -3.98. The first-order chi connectivity index (χ1) is 36.2. The molecule has 0 aliphatic carbocycles. The molecule has 0 saturated carbocycles. The normalized spacial score (nSPS) is 30.0. The topological polar surface area (TPSA) is 545 Å². The van der Waals surface area contributed by atoms with Crippen LogP contribution in [0.1, 0.15) is 25.1 Å². The van der Waals surface area contributed by atoms with Crippen LogP contribution in [0.15, 0.2) is 34.9 Å². The molecule has 77 heavy (non-hydrogen) atoms. The predicted molar refractivity (Wildman–Crippen MR) is 250 cm³/mol. The minimum Gasteiger partial charge on any atom is -0.778 e. The second-order valence-electron chi connectivity index (χ2n) is 17.5. The van der Waals surface area contributed by atoms with Crippen molar-refractivity contribution in [3.8, 4) is 0 Å². The molecule has 0 aromatic carbocycles. The van der Waals surface area contributed by atoms with Gasteiger partial charge in [0.2, 0.25) is 24.5 Å². The van der Waals surface area contributed by atoms with Gasteiger partial charge in [0.05, 0.1) is 51.7 Å². The fourth-order valence-corrected chi connectivity index (χ4v) is 13.9. The van der Waals surface area contributed by atoms with Gasteiger partial charge in [0.25, 0.3) is 16.7 Å². The van der Waals surface area contributed by atoms with Crippen molar-refractivity contribution in [3.63, 3.8) is 0 Å². The van der Waals surface area contributed by atoms with Gasteiger partial charge in [0.15, 0.2) is 35.1 Å². The van der Waals surface area contributed by atoms with E-state index >= 15 is 0 Å². The monoisotopic (exact) mass is 1170 g/mol. The van der Waals surface area contributed by atoms with Crippen LogP contribution in [0.5, 0.6) is 0 Å². The highest BCUT2D eigenvalue weighted by atomic mass is 31.3. The highest BCUT2D eigenvalue weighted by Gasteiger charge is 2.53. The standard InChI is InChI=1S/C35H49N15O23P4/c1-47-12-50(28-19(47)30(55)46-35(38)44-28)31-20(51)13(6-64-2)15(69-31)7-66-75(58,59)72-77(62,63)73-76(60,61)67-8-16-23(24(65-3)33(70-16)48-10-41-17-25(36)39-9-40-26(17)48)71-74(56,57)5-4-14-21(52)22(53)32(68-14)49-11-42-18-27(49)43-34(37)45-29(18)54/h9-16,20-24,31-33,51-53H,4-8H2,1-3H3,(H11-,36,37,38,39,40,43,44,45,46,54,55,56,57,58,59,60,61,62,63)/t13-,14-,15-,16?,20-,21-,22-,23-,24-,31-,32-,33-/m1/s1. The Morgan fingerprint density at radius 2 is 1.29 bits per heavy atom. The van der Waals surface area contributed by atoms with Crippen molar-refractivity contribution >= 4 is 82.3 Å². The first-order valence-electron chi connectivity index (χ1n) is 22.3. The number of anilines is 3. The van der Waals surface area contributed by atoms with Crippen molar-refractivity contribution in [2.24, 2.45) is 13.0 Å². The zero-order chi connectivity index (χ0) is 55.7. The minimum atomic E-state index is -6.17. The number of aryl methyl sites for hydroxylation is 1. The Labute approximate surface area is 428 Å². The van der Waals surface area contributed by atoms with E-state index in [1.54, 1.807) is 0 Å². The van der Waals surface area contributed by atoms with E-state index in [4.69, 9.17) is 54.5 Å². The van der Waals surface area contributed by atoms with E-state index in [9.17, 15) is 62.7 Å². The van der Waals surface area contributed by atoms with Crippen molar-refractivity contribution in [2.75, 3.05) is 57.4 Å². The summed E-state index contributed by atoms with van der Waals surface area (Å²) in [6.07, 6.45) is -13.7. The number of aliphatic hydroxyl groups excluding tert-OH is 3. The largest absolute Gasteiger partial charge is 0.778 e. The minimum absolute atomic E-state index is 0.0171. The molecule has 3 saturated heterocycles. The molecule has 9 heterocycles. The summed E-state index contributed by atoms with van der Waals surface area (Å²) in [5.41, 5.74) is 15.8. The van der Waals surface area contributed by atoms with Crippen molar-refractivity contribution in [1.82, 2.24) is 53.6 Å². The highest BCUT2D eigenvalue weighted by Crippen LogP contribution is 2.68. The van der Waals surface area contributed by atoms with Crippen LogP contribution in [0, 0.1) is 5.92 Å². The molecule has 0 amide bonds. The van der Waals surface area contributed by atoms with E-state index in [2.05, 4.69) is 48.5 Å². The molecule has 14 N–H and O–H groups in total. The van der Waals surface area contributed by atoms with Crippen LogP contribution >= 0.6 is 31.1 Å². The van der Waals surface area contributed by atoms with Crippen LogP contribution in [0.2, 0.25) is 0 Å². The summed E-state index contributed by atoms with van der Waals surface area (Å²) in [4.78, 5) is 99.2. The summed E-state index contributed by atoms with van der Waals surface area (Å²) in [5.74, 6) is -1.67. The fourth-order valence-electron chi connectivity index (χ4n) is 9.05. The van der Waals surface area contributed by atoms with E-state index < -0.39 is 141 Å². The number of H-pyrrole nitrogens is 2. The first-order valence-corrected chi connectivity index (χ1v) is 28.5. The molecule has 6 aromatic heterocycles. The number of nitrogens with two attached hydrogens (primary N) is 3. The Bertz CT molecular complexity index is 3510. The second-order valence-corrected chi connectivity index (χ2v) is 24.0. The van der Waals surface area contributed by atoms with Gasteiger partial charge in [-0.2, -0.15) is 23.2 Å². The summed E-state index contributed by atoms with van der Waals surface area (Å²) in [6.45, 7) is -2.43. The van der Waals surface area contributed by atoms with E-state index in [-0.39, 0.29) is 57.8 Å². The summed E-state index contributed by atoms with van der Waals surface area (Å²) in [5, 5.41) is 33.1. The molecule has 6 aromatic rings. The first kappa shape index (κ1) is 56.6. The van der Waals surface area contributed by atoms with E-state index in [0.29, 0.717) is 0 Å². The number of ether oxygens (including phenoxy) is 5. The van der Waals surface area contributed by atoms with Gasteiger partial charge in [0, 0.05) is 26.3 Å². The number of nitrogens with zero attached hydrogens (tertiary/aromatic N) is 10. The third-order valence-corrected chi connectivity index (χ3v) is 18.0. The number of aromatic amines is 2. The van der Waals surface area contributed by atoms with Crippen LogP contribution in [-0.4, -0.2) is 173 Å². The number of phosphoric ester groups is 2.